The number of H-pyrrole nitrogens is 1. The highest BCUT2D eigenvalue weighted by atomic mass is 16.5. The third kappa shape index (κ3) is 4.05. The first-order chi connectivity index (χ1) is 16.1. The lowest BCUT2D eigenvalue weighted by molar-refractivity contribution is -0.134. The highest BCUT2D eigenvalue weighted by Gasteiger charge is 2.33. The van der Waals surface area contributed by atoms with Crippen LogP contribution in [0.1, 0.15) is 43.4 Å². The lowest BCUT2D eigenvalue weighted by Gasteiger charge is -2.41. The predicted octanol–water partition coefficient (Wildman–Crippen LogP) is 3.45. The van der Waals surface area contributed by atoms with E-state index in [0.29, 0.717) is 44.1 Å². The van der Waals surface area contributed by atoms with E-state index < -0.39 is 0 Å². The Morgan fingerprint density at radius 3 is 2.88 bits per heavy atom. The Bertz CT molecular complexity index is 1230. The Hall–Kier alpha value is -3.44. The molecule has 2 fully saturated rings. The van der Waals surface area contributed by atoms with Crippen LogP contribution >= 0.6 is 0 Å². The van der Waals surface area contributed by atoms with Gasteiger partial charge in [0.05, 0.1) is 36.0 Å². The lowest BCUT2D eigenvalue weighted by atomic mass is 9.96. The second-order valence-corrected chi connectivity index (χ2v) is 8.94. The number of carbonyl (C=O) groups excluding carboxylic acids is 1. The van der Waals surface area contributed by atoms with Crippen molar-refractivity contribution in [1.82, 2.24) is 20.1 Å². The molecule has 0 bridgehead atoms. The summed E-state index contributed by atoms with van der Waals surface area (Å²) in [6, 6.07) is 10.5. The maximum Gasteiger partial charge on any atom is 0.225 e. The van der Waals surface area contributed by atoms with Crippen molar-refractivity contribution in [1.29, 1.82) is 5.26 Å². The molecule has 0 spiro atoms. The molecule has 170 valence electrons. The Balaban J connectivity index is 1.49. The molecule has 2 aromatic heterocycles. The van der Waals surface area contributed by atoms with Crippen molar-refractivity contribution in [3.63, 3.8) is 0 Å². The van der Waals surface area contributed by atoms with Gasteiger partial charge in [0.2, 0.25) is 5.91 Å². The molecule has 1 amide bonds. The second kappa shape index (κ2) is 8.83. The number of anilines is 1. The number of amides is 1. The van der Waals surface area contributed by atoms with Crippen molar-refractivity contribution in [3.05, 3.63) is 41.7 Å². The highest BCUT2D eigenvalue weighted by Crippen LogP contribution is 2.46. The Kier molecular flexibility index (Phi) is 5.73. The van der Waals surface area contributed by atoms with Gasteiger partial charge in [-0.05, 0) is 37.5 Å². The molecule has 1 aliphatic heterocycles. The zero-order valence-electron chi connectivity index (χ0n) is 19.0. The fourth-order valence-corrected chi connectivity index (χ4v) is 4.78. The van der Waals surface area contributed by atoms with Gasteiger partial charge in [0.15, 0.2) is 0 Å². The smallest absolute Gasteiger partial charge is 0.225 e. The molecule has 1 saturated heterocycles. The molecule has 1 atom stereocenters. The summed E-state index contributed by atoms with van der Waals surface area (Å²) in [5.74, 6) is 1.26. The number of fused-ring (bicyclic) bond motifs is 1. The molecular formula is C25H28N6O2. The summed E-state index contributed by atoms with van der Waals surface area (Å²) < 4.78 is 5.06. The molecule has 2 aliphatic rings. The summed E-state index contributed by atoms with van der Waals surface area (Å²) in [7, 11) is 1.61. The number of aromatic amines is 1. The van der Waals surface area contributed by atoms with E-state index in [9.17, 15) is 10.1 Å². The van der Waals surface area contributed by atoms with Crippen LogP contribution in [-0.2, 0) is 9.53 Å². The minimum atomic E-state index is 0.0418. The van der Waals surface area contributed by atoms with Gasteiger partial charge in [0.1, 0.15) is 11.9 Å². The molecule has 3 aromatic rings. The zero-order chi connectivity index (χ0) is 22.9. The number of carbonyl (C=O) groups is 1. The summed E-state index contributed by atoms with van der Waals surface area (Å²) in [5, 5.41) is 18.3. The van der Waals surface area contributed by atoms with Crippen molar-refractivity contribution in [3.8, 4) is 17.2 Å². The standard InChI is InChI=1S/C25H28N6O2/c1-16-15-30(9-10-31(16)23(32)8-11-33-2)25-18(13-26)12-20(24(28-25)17-6-7-17)19-4-3-5-22-21(19)14-27-29-22/h3-5,12,14,16-17H,6-11,15H2,1-2H3,(H,27,29). The Morgan fingerprint density at radius 2 is 2.15 bits per heavy atom. The molecular weight excluding hydrogens is 416 g/mol. The normalized spacial score (nSPS) is 18.5. The second-order valence-electron chi connectivity index (χ2n) is 8.94. The first kappa shape index (κ1) is 21.4. The summed E-state index contributed by atoms with van der Waals surface area (Å²) >= 11 is 0. The van der Waals surface area contributed by atoms with E-state index in [0.717, 1.165) is 46.4 Å². The van der Waals surface area contributed by atoms with Gasteiger partial charge in [-0.2, -0.15) is 10.4 Å². The van der Waals surface area contributed by atoms with Gasteiger partial charge in [0, 0.05) is 49.7 Å². The minimum Gasteiger partial charge on any atom is -0.384 e. The van der Waals surface area contributed by atoms with E-state index in [1.165, 1.54) is 0 Å². The van der Waals surface area contributed by atoms with Crippen LogP contribution in [0.5, 0.6) is 0 Å². The van der Waals surface area contributed by atoms with Crippen molar-refractivity contribution in [2.75, 3.05) is 38.3 Å². The average Bonchev–Trinajstić information content (AvgIpc) is 3.57. The summed E-state index contributed by atoms with van der Waals surface area (Å²) in [5.41, 5.74) is 4.68. The molecule has 1 aliphatic carbocycles. The lowest BCUT2D eigenvalue weighted by Crippen LogP contribution is -2.54. The van der Waals surface area contributed by atoms with Crippen molar-refractivity contribution >= 4 is 22.6 Å². The number of nitrogens with one attached hydrogen (secondary N) is 1. The van der Waals surface area contributed by atoms with E-state index in [1.807, 2.05) is 29.3 Å². The predicted molar refractivity (Wildman–Crippen MR) is 126 cm³/mol. The van der Waals surface area contributed by atoms with Crippen LogP contribution in [0.15, 0.2) is 30.5 Å². The molecule has 1 unspecified atom stereocenters. The molecule has 3 heterocycles. The summed E-state index contributed by atoms with van der Waals surface area (Å²) in [6.45, 7) is 4.41. The van der Waals surface area contributed by atoms with Crippen LogP contribution in [0.3, 0.4) is 0 Å². The molecule has 33 heavy (non-hydrogen) atoms. The number of benzene rings is 1. The zero-order valence-corrected chi connectivity index (χ0v) is 19.0. The fraction of sp³-hybridized carbons (Fsp3) is 0.440. The van der Waals surface area contributed by atoms with Crippen molar-refractivity contribution < 1.29 is 9.53 Å². The third-order valence-electron chi connectivity index (χ3n) is 6.66. The number of hydrogen-bond donors (Lipinski definition) is 1. The molecule has 5 rings (SSSR count). The highest BCUT2D eigenvalue weighted by molar-refractivity contribution is 5.95. The number of nitrogens with zero attached hydrogens (tertiary/aromatic N) is 5. The van der Waals surface area contributed by atoms with Crippen LogP contribution in [0.25, 0.3) is 22.0 Å². The number of piperazine rings is 1. The number of hydrogen-bond acceptors (Lipinski definition) is 6. The number of ether oxygens (including phenoxy) is 1. The maximum atomic E-state index is 12.5. The van der Waals surface area contributed by atoms with E-state index in [-0.39, 0.29) is 11.9 Å². The Morgan fingerprint density at radius 1 is 1.30 bits per heavy atom. The van der Waals surface area contributed by atoms with Gasteiger partial charge >= 0.3 is 0 Å². The number of nitriles is 1. The molecule has 1 saturated carbocycles. The van der Waals surface area contributed by atoms with E-state index in [2.05, 4.69) is 34.2 Å². The SMILES string of the molecule is COCCC(=O)N1CCN(c2nc(C3CC3)c(-c3cccc4[nH]ncc34)cc2C#N)CC1C. The van der Waals surface area contributed by atoms with Crippen LogP contribution in [0, 0.1) is 11.3 Å². The third-order valence-corrected chi connectivity index (χ3v) is 6.66. The van der Waals surface area contributed by atoms with E-state index in [1.54, 1.807) is 7.11 Å². The van der Waals surface area contributed by atoms with E-state index >= 15 is 0 Å². The topological polar surface area (TPSA) is 98.1 Å². The first-order valence-electron chi connectivity index (χ1n) is 11.5. The maximum absolute atomic E-state index is 12.5. The molecule has 0 radical (unpaired) electrons. The van der Waals surface area contributed by atoms with Crippen molar-refractivity contribution in [2.24, 2.45) is 0 Å². The fourth-order valence-electron chi connectivity index (χ4n) is 4.78. The number of rotatable bonds is 6. The summed E-state index contributed by atoms with van der Waals surface area (Å²) in [6.07, 6.45) is 4.46. The summed E-state index contributed by atoms with van der Waals surface area (Å²) in [4.78, 5) is 21.7. The van der Waals surface area contributed by atoms with Gasteiger partial charge < -0.3 is 14.5 Å². The van der Waals surface area contributed by atoms with Crippen LogP contribution in [-0.4, -0.2) is 65.4 Å². The molecule has 1 N–H and O–H groups in total. The molecule has 8 nitrogen and oxygen atoms in total. The van der Waals surface area contributed by atoms with Gasteiger partial charge in [-0.1, -0.05) is 12.1 Å². The van der Waals surface area contributed by atoms with Crippen LogP contribution in [0.4, 0.5) is 5.82 Å². The molecule has 8 heteroatoms. The van der Waals surface area contributed by atoms with Gasteiger partial charge in [0.25, 0.3) is 0 Å². The van der Waals surface area contributed by atoms with Crippen molar-refractivity contribution in [2.45, 2.75) is 38.1 Å². The van der Waals surface area contributed by atoms with Gasteiger partial charge in [-0.3, -0.25) is 9.89 Å². The largest absolute Gasteiger partial charge is 0.384 e. The number of methoxy groups -OCH3 is 1. The average molecular weight is 445 g/mol. The van der Waals surface area contributed by atoms with Gasteiger partial charge in [-0.15, -0.1) is 0 Å². The number of pyridine rings is 1. The quantitative estimate of drug-likeness (QED) is 0.625. The minimum absolute atomic E-state index is 0.0418. The van der Waals surface area contributed by atoms with Gasteiger partial charge in [-0.25, -0.2) is 4.98 Å². The van der Waals surface area contributed by atoms with E-state index in [4.69, 9.17) is 9.72 Å². The molecule has 1 aromatic carbocycles. The Labute approximate surface area is 193 Å². The van der Waals surface area contributed by atoms with Crippen LogP contribution in [0.2, 0.25) is 0 Å². The number of aromatic nitrogens is 3. The van der Waals surface area contributed by atoms with Crippen LogP contribution < -0.4 is 4.90 Å². The monoisotopic (exact) mass is 444 g/mol. The first-order valence-corrected chi connectivity index (χ1v) is 11.5.